The number of aliphatic hydroxyl groups is 1. The van der Waals surface area contributed by atoms with Gasteiger partial charge < -0.3 is 24.2 Å². The lowest BCUT2D eigenvalue weighted by Gasteiger charge is -2.26. The van der Waals surface area contributed by atoms with Gasteiger partial charge in [-0.2, -0.15) is 0 Å². The quantitative estimate of drug-likeness (QED) is 0.422. The summed E-state index contributed by atoms with van der Waals surface area (Å²) in [6.07, 6.45) is 0.00181. The van der Waals surface area contributed by atoms with E-state index in [0.717, 1.165) is 11.1 Å². The number of ketones is 1. The van der Waals surface area contributed by atoms with E-state index < -0.39 is 17.7 Å². The van der Waals surface area contributed by atoms with Gasteiger partial charge in [-0.1, -0.05) is 29.8 Å². The number of hydrogen-bond donors (Lipinski definition) is 1. The summed E-state index contributed by atoms with van der Waals surface area (Å²) in [6.45, 7) is 7.15. The summed E-state index contributed by atoms with van der Waals surface area (Å²) in [6, 6.07) is 11.9. The highest BCUT2D eigenvalue weighted by molar-refractivity contribution is 6.46. The van der Waals surface area contributed by atoms with Crippen LogP contribution < -0.4 is 9.47 Å². The molecule has 1 atom stereocenters. The third-order valence-corrected chi connectivity index (χ3v) is 5.50. The zero-order valence-corrected chi connectivity index (χ0v) is 18.5. The average molecular weight is 437 g/mol. The first kappa shape index (κ1) is 21.9. The molecule has 0 saturated carbocycles. The summed E-state index contributed by atoms with van der Waals surface area (Å²) < 4.78 is 16.8. The van der Waals surface area contributed by atoms with Crippen LogP contribution in [0.3, 0.4) is 0 Å². The number of amides is 1. The molecule has 32 heavy (non-hydrogen) atoms. The molecule has 2 aromatic rings. The highest BCUT2D eigenvalue weighted by Crippen LogP contribution is 2.41. The highest BCUT2D eigenvalue weighted by Gasteiger charge is 2.46. The Morgan fingerprint density at radius 2 is 1.88 bits per heavy atom. The Bertz CT molecular complexity index is 1070. The molecule has 168 valence electrons. The number of fused-ring (bicyclic) bond motifs is 1. The van der Waals surface area contributed by atoms with Gasteiger partial charge in [0.1, 0.15) is 19.0 Å². The molecule has 0 aromatic heterocycles. The Morgan fingerprint density at radius 3 is 2.59 bits per heavy atom. The molecule has 2 aromatic carbocycles. The van der Waals surface area contributed by atoms with Crippen LogP contribution in [0.2, 0.25) is 0 Å². The maximum atomic E-state index is 13.1. The van der Waals surface area contributed by atoms with Gasteiger partial charge in [0.15, 0.2) is 11.5 Å². The van der Waals surface area contributed by atoms with Crippen molar-refractivity contribution in [1.82, 2.24) is 4.90 Å². The topological polar surface area (TPSA) is 85.3 Å². The second kappa shape index (κ2) is 9.04. The lowest BCUT2D eigenvalue weighted by Crippen LogP contribution is -2.33. The second-order valence-corrected chi connectivity index (χ2v) is 8.18. The highest BCUT2D eigenvalue weighted by atomic mass is 16.6. The Labute approximate surface area is 187 Å². The maximum Gasteiger partial charge on any atom is 0.295 e. The van der Waals surface area contributed by atoms with Crippen LogP contribution in [0.4, 0.5) is 0 Å². The largest absolute Gasteiger partial charge is 0.507 e. The normalized spacial score (nSPS) is 19.6. The first-order valence-electron chi connectivity index (χ1n) is 10.7. The summed E-state index contributed by atoms with van der Waals surface area (Å²) in [4.78, 5) is 27.5. The molecule has 1 saturated heterocycles. The van der Waals surface area contributed by atoms with E-state index in [-0.39, 0.29) is 30.6 Å². The van der Waals surface area contributed by atoms with E-state index in [1.165, 1.54) is 4.90 Å². The van der Waals surface area contributed by atoms with Crippen LogP contribution in [-0.4, -0.2) is 54.2 Å². The molecule has 1 N–H and O–H groups in total. The lowest BCUT2D eigenvalue weighted by atomic mass is 9.94. The molecular formula is C25H27NO6. The van der Waals surface area contributed by atoms with E-state index in [4.69, 9.17) is 14.2 Å². The third kappa shape index (κ3) is 4.21. The summed E-state index contributed by atoms with van der Waals surface area (Å²) >= 11 is 0. The lowest BCUT2D eigenvalue weighted by molar-refractivity contribution is -0.140. The van der Waals surface area contributed by atoms with Gasteiger partial charge in [-0.3, -0.25) is 9.59 Å². The van der Waals surface area contributed by atoms with Crippen molar-refractivity contribution in [3.63, 3.8) is 0 Å². The number of ether oxygens (including phenoxy) is 3. The third-order valence-electron chi connectivity index (χ3n) is 5.50. The fraction of sp³-hybridized carbons (Fsp3) is 0.360. The fourth-order valence-electron chi connectivity index (χ4n) is 4.03. The van der Waals surface area contributed by atoms with Crippen molar-refractivity contribution in [2.24, 2.45) is 0 Å². The molecule has 0 aliphatic carbocycles. The first-order valence-corrected chi connectivity index (χ1v) is 10.7. The average Bonchev–Trinajstić information content (AvgIpc) is 3.03. The molecule has 0 bridgehead atoms. The van der Waals surface area contributed by atoms with E-state index in [0.29, 0.717) is 30.3 Å². The van der Waals surface area contributed by atoms with Crippen molar-refractivity contribution >= 4 is 17.4 Å². The SMILES string of the molecule is Cc1cccc(C2/C(=C(/O)c3ccc4c(c3)OCCO4)C(=O)C(=O)N2CCOC(C)C)c1. The minimum absolute atomic E-state index is 0.00181. The standard InChI is InChI=1S/C25H27NO6/c1-15(2)30-10-9-26-22(17-6-4-5-16(3)13-17)21(24(28)25(26)29)23(27)18-7-8-19-20(14-18)32-12-11-31-19/h4-8,13-15,22,27H,9-12H2,1-3H3/b23-21-. The molecule has 2 heterocycles. The molecule has 1 unspecified atom stereocenters. The van der Waals surface area contributed by atoms with Crippen LogP contribution in [0.5, 0.6) is 11.5 Å². The molecule has 0 spiro atoms. The smallest absolute Gasteiger partial charge is 0.295 e. The number of Topliss-reactive ketones (excluding diaryl/α,β-unsaturated/α-hetero) is 1. The van der Waals surface area contributed by atoms with E-state index in [1.807, 2.05) is 45.0 Å². The number of aryl methyl sites for hydroxylation is 1. The van der Waals surface area contributed by atoms with Gasteiger partial charge in [0.2, 0.25) is 0 Å². The van der Waals surface area contributed by atoms with Gasteiger partial charge >= 0.3 is 0 Å². The molecule has 7 nitrogen and oxygen atoms in total. The van der Waals surface area contributed by atoms with Crippen LogP contribution >= 0.6 is 0 Å². The minimum atomic E-state index is -0.714. The minimum Gasteiger partial charge on any atom is -0.507 e. The van der Waals surface area contributed by atoms with Gasteiger partial charge in [-0.15, -0.1) is 0 Å². The summed E-state index contributed by atoms with van der Waals surface area (Å²) in [5, 5.41) is 11.2. The number of rotatable bonds is 6. The van der Waals surface area contributed by atoms with E-state index in [9.17, 15) is 14.7 Å². The summed E-state index contributed by atoms with van der Waals surface area (Å²) in [7, 11) is 0. The number of nitrogens with zero attached hydrogens (tertiary/aromatic N) is 1. The number of benzene rings is 2. The van der Waals surface area contributed by atoms with Crippen molar-refractivity contribution in [3.8, 4) is 11.5 Å². The van der Waals surface area contributed by atoms with Gasteiger partial charge in [0.25, 0.3) is 11.7 Å². The number of likely N-dealkylation sites (tertiary alicyclic amines) is 1. The van der Waals surface area contributed by atoms with Crippen LogP contribution in [0.1, 0.15) is 36.6 Å². The number of aliphatic hydroxyl groups excluding tert-OH is 1. The molecule has 7 heteroatoms. The van der Waals surface area contributed by atoms with Crippen molar-refractivity contribution in [3.05, 3.63) is 64.7 Å². The molecular weight excluding hydrogens is 410 g/mol. The first-order chi connectivity index (χ1) is 15.4. The van der Waals surface area contributed by atoms with Crippen LogP contribution in [0, 0.1) is 6.92 Å². The molecule has 0 radical (unpaired) electrons. The zero-order valence-electron chi connectivity index (χ0n) is 18.5. The van der Waals surface area contributed by atoms with Crippen molar-refractivity contribution in [2.45, 2.75) is 32.9 Å². The predicted molar refractivity (Wildman–Crippen MR) is 119 cm³/mol. The van der Waals surface area contributed by atoms with Gasteiger partial charge in [-0.05, 0) is 44.5 Å². The van der Waals surface area contributed by atoms with Crippen molar-refractivity contribution in [2.75, 3.05) is 26.4 Å². The Hall–Kier alpha value is -3.32. The summed E-state index contributed by atoms with van der Waals surface area (Å²) in [5.41, 5.74) is 2.20. The van der Waals surface area contributed by atoms with Crippen LogP contribution in [-0.2, 0) is 14.3 Å². The van der Waals surface area contributed by atoms with E-state index in [1.54, 1.807) is 18.2 Å². The predicted octanol–water partition coefficient (Wildman–Crippen LogP) is 3.61. The molecule has 4 rings (SSSR count). The number of hydrogen-bond acceptors (Lipinski definition) is 6. The maximum absolute atomic E-state index is 13.1. The fourth-order valence-corrected chi connectivity index (χ4v) is 4.03. The Morgan fingerprint density at radius 1 is 1.12 bits per heavy atom. The monoisotopic (exact) mass is 437 g/mol. The molecule has 2 aliphatic heterocycles. The Balaban J connectivity index is 1.79. The van der Waals surface area contributed by atoms with E-state index >= 15 is 0 Å². The van der Waals surface area contributed by atoms with Gasteiger partial charge in [0.05, 0.1) is 24.3 Å². The number of carbonyl (C=O) groups excluding carboxylic acids is 2. The molecule has 1 fully saturated rings. The molecule has 1 amide bonds. The van der Waals surface area contributed by atoms with Crippen LogP contribution in [0.15, 0.2) is 48.0 Å². The summed E-state index contributed by atoms with van der Waals surface area (Å²) in [5.74, 6) is -0.531. The van der Waals surface area contributed by atoms with Crippen LogP contribution in [0.25, 0.3) is 5.76 Å². The Kier molecular flexibility index (Phi) is 6.19. The van der Waals surface area contributed by atoms with Crippen molar-refractivity contribution < 1.29 is 28.9 Å². The van der Waals surface area contributed by atoms with Gasteiger partial charge in [0, 0.05) is 12.1 Å². The number of carbonyl (C=O) groups is 2. The second-order valence-electron chi connectivity index (χ2n) is 8.18. The van der Waals surface area contributed by atoms with E-state index in [2.05, 4.69) is 0 Å². The zero-order chi connectivity index (χ0) is 22.8. The van der Waals surface area contributed by atoms with Crippen molar-refractivity contribution in [1.29, 1.82) is 0 Å². The molecule has 2 aliphatic rings. The van der Waals surface area contributed by atoms with Gasteiger partial charge in [-0.25, -0.2) is 0 Å².